The summed E-state index contributed by atoms with van der Waals surface area (Å²) in [5, 5.41) is 9.94. The number of fused-ring (bicyclic) bond motifs is 1. The first-order valence-electron chi connectivity index (χ1n) is 10.1. The van der Waals surface area contributed by atoms with E-state index in [2.05, 4.69) is 16.9 Å². The Hall–Kier alpha value is -2.54. The van der Waals surface area contributed by atoms with E-state index in [1.54, 1.807) is 11.0 Å². The Labute approximate surface area is 171 Å². The second-order valence-corrected chi connectivity index (χ2v) is 9.78. The van der Waals surface area contributed by atoms with Gasteiger partial charge in [-0.1, -0.05) is 31.4 Å². The van der Waals surface area contributed by atoms with Crippen molar-refractivity contribution in [2.75, 3.05) is 22.4 Å². The average molecular weight is 415 g/mol. The van der Waals surface area contributed by atoms with Crippen LogP contribution in [0, 0.1) is 0 Å². The number of carbonyl (C=O) groups is 1. The second-order valence-electron chi connectivity index (χ2n) is 8.03. The van der Waals surface area contributed by atoms with Crippen molar-refractivity contribution in [2.24, 2.45) is 0 Å². The lowest BCUT2D eigenvalue weighted by molar-refractivity contribution is 0.0980. The molecule has 2 N–H and O–H groups in total. The predicted octanol–water partition coefficient (Wildman–Crippen LogP) is 4.01. The van der Waals surface area contributed by atoms with Gasteiger partial charge in [-0.05, 0) is 60.6 Å². The molecule has 1 fully saturated rings. The number of hydrogen-bond donors (Lipinski definition) is 2. The topological polar surface area (TPSA) is 86.7 Å². The Morgan fingerprint density at radius 2 is 1.83 bits per heavy atom. The van der Waals surface area contributed by atoms with E-state index in [4.69, 9.17) is 0 Å². The van der Waals surface area contributed by atoms with E-state index in [-0.39, 0.29) is 17.3 Å². The monoisotopic (exact) mass is 414 g/mol. The third-order valence-electron chi connectivity index (χ3n) is 5.87. The molecule has 1 aliphatic heterocycles. The molecule has 0 unspecified atom stereocenters. The minimum absolute atomic E-state index is 0.0660. The van der Waals surface area contributed by atoms with Gasteiger partial charge >= 0.3 is 0 Å². The highest BCUT2D eigenvalue weighted by atomic mass is 32.2. The van der Waals surface area contributed by atoms with E-state index in [9.17, 15) is 18.3 Å². The lowest BCUT2D eigenvalue weighted by Crippen LogP contribution is -2.37. The van der Waals surface area contributed by atoms with Gasteiger partial charge in [0.2, 0.25) is 10.0 Å². The Kier molecular flexibility index (Phi) is 5.25. The fourth-order valence-corrected chi connectivity index (χ4v) is 4.98. The molecule has 2 aromatic rings. The number of nitrogens with zero attached hydrogens (tertiary/aromatic N) is 1. The number of amides is 1. The third-order valence-corrected chi connectivity index (χ3v) is 6.46. The molecule has 0 spiro atoms. The zero-order valence-corrected chi connectivity index (χ0v) is 17.3. The Morgan fingerprint density at radius 1 is 1.07 bits per heavy atom. The molecule has 0 saturated heterocycles. The van der Waals surface area contributed by atoms with Crippen molar-refractivity contribution >= 4 is 27.3 Å². The van der Waals surface area contributed by atoms with Crippen LogP contribution in [0.4, 0.5) is 11.4 Å². The molecule has 154 valence electrons. The maximum Gasteiger partial charge on any atom is 0.258 e. The SMILES string of the molecule is CS(=O)(=O)Nc1cc(N2CCc3cc(C4CCCCC4)ccc3C2=O)ccc1O. The van der Waals surface area contributed by atoms with E-state index in [0.29, 0.717) is 23.7 Å². The number of phenolic OH excluding ortho intramolecular Hbond substituents is 1. The Morgan fingerprint density at radius 3 is 2.55 bits per heavy atom. The number of anilines is 2. The molecule has 2 aliphatic rings. The van der Waals surface area contributed by atoms with Crippen LogP contribution >= 0.6 is 0 Å². The van der Waals surface area contributed by atoms with Gasteiger partial charge in [-0.3, -0.25) is 9.52 Å². The third kappa shape index (κ3) is 4.24. The maximum absolute atomic E-state index is 13.1. The second kappa shape index (κ2) is 7.71. The summed E-state index contributed by atoms with van der Waals surface area (Å²) in [7, 11) is -3.54. The molecule has 0 atom stereocenters. The van der Waals surface area contributed by atoms with E-state index < -0.39 is 10.0 Å². The molecule has 2 aromatic carbocycles. The summed E-state index contributed by atoms with van der Waals surface area (Å²) in [5.41, 5.74) is 3.75. The number of hydrogen-bond acceptors (Lipinski definition) is 4. The summed E-state index contributed by atoms with van der Waals surface area (Å²) < 4.78 is 25.3. The molecule has 0 radical (unpaired) electrons. The van der Waals surface area contributed by atoms with Crippen LogP contribution in [0.5, 0.6) is 5.75 Å². The largest absolute Gasteiger partial charge is 0.506 e. The minimum Gasteiger partial charge on any atom is -0.506 e. The summed E-state index contributed by atoms with van der Waals surface area (Å²) in [6.07, 6.45) is 8.09. The van der Waals surface area contributed by atoms with Crippen molar-refractivity contribution < 1.29 is 18.3 Å². The molecule has 1 amide bonds. The predicted molar refractivity (Wildman–Crippen MR) is 114 cm³/mol. The van der Waals surface area contributed by atoms with Crippen LogP contribution in [-0.2, 0) is 16.4 Å². The number of sulfonamides is 1. The van der Waals surface area contributed by atoms with Crippen LogP contribution in [0.3, 0.4) is 0 Å². The van der Waals surface area contributed by atoms with Crippen LogP contribution < -0.4 is 9.62 Å². The van der Waals surface area contributed by atoms with Crippen LogP contribution in [0.2, 0.25) is 0 Å². The van der Waals surface area contributed by atoms with E-state index in [1.807, 2.05) is 6.07 Å². The van der Waals surface area contributed by atoms with Gasteiger partial charge in [0.25, 0.3) is 5.91 Å². The van der Waals surface area contributed by atoms with Crippen LogP contribution in [0.25, 0.3) is 0 Å². The Bertz CT molecular complexity index is 1040. The zero-order chi connectivity index (χ0) is 20.6. The van der Waals surface area contributed by atoms with Crippen LogP contribution in [0.1, 0.15) is 59.5 Å². The fraction of sp³-hybridized carbons (Fsp3) is 0.409. The molecule has 4 rings (SSSR count). The van der Waals surface area contributed by atoms with Crippen molar-refractivity contribution in [3.05, 3.63) is 53.1 Å². The molecular formula is C22H26N2O4S. The van der Waals surface area contributed by atoms with Gasteiger partial charge in [0.15, 0.2) is 0 Å². The quantitative estimate of drug-likeness (QED) is 0.740. The van der Waals surface area contributed by atoms with Gasteiger partial charge in [0.1, 0.15) is 5.75 Å². The first-order valence-corrected chi connectivity index (χ1v) is 12.0. The lowest BCUT2D eigenvalue weighted by Gasteiger charge is -2.30. The number of phenols is 1. The van der Waals surface area contributed by atoms with Crippen molar-refractivity contribution in [3.8, 4) is 5.75 Å². The van der Waals surface area contributed by atoms with Gasteiger partial charge < -0.3 is 10.0 Å². The molecule has 7 heteroatoms. The van der Waals surface area contributed by atoms with Gasteiger partial charge in [0.05, 0.1) is 11.9 Å². The van der Waals surface area contributed by atoms with Gasteiger partial charge in [-0.2, -0.15) is 0 Å². The molecule has 0 aromatic heterocycles. The molecule has 1 heterocycles. The van der Waals surface area contributed by atoms with Crippen molar-refractivity contribution in [3.63, 3.8) is 0 Å². The first kappa shape index (κ1) is 19.8. The van der Waals surface area contributed by atoms with Crippen molar-refractivity contribution in [2.45, 2.75) is 44.4 Å². The van der Waals surface area contributed by atoms with Crippen molar-refractivity contribution in [1.82, 2.24) is 0 Å². The zero-order valence-electron chi connectivity index (χ0n) is 16.5. The van der Waals surface area contributed by atoms with Gasteiger partial charge in [0, 0.05) is 17.8 Å². The van der Waals surface area contributed by atoms with E-state index in [1.165, 1.54) is 49.8 Å². The summed E-state index contributed by atoms with van der Waals surface area (Å²) in [5.74, 6) is 0.322. The highest BCUT2D eigenvalue weighted by Crippen LogP contribution is 2.36. The smallest absolute Gasteiger partial charge is 0.258 e. The number of carbonyl (C=O) groups excluding carboxylic acids is 1. The minimum atomic E-state index is -3.54. The summed E-state index contributed by atoms with van der Waals surface area (Å²) >= 11 is 0. The maximum atomic E-state index is 13.1. The van der Waals surface area contributed by atoms with Crippen molar-refractivity contribution in [1.29, 1.82) is 0 Å². The highest BCUT2D eigenvalue weighted by molar-refractivity contribution is 7.92. The number of aromatic hydroxyl groups is 1. The lowest BCUT2D eigenvalue weighted by atomic mass is 9.82. The molecular weight excluding hydrogens is 388 g/mol. The van der Waals surface area contributed by atoms with Crippen LogP contribution in [-0.4, -0.2) is 32.2 Å². The summed E-state index contributed by atoms with van der Waals surface area (Å²) in [4.78, 5) is 14.7. The molecule has 6 nitrogen and oxygen atoms in total. The van der Waals surface area contributed by atoms with E-state index in [0.717, 1.165) is 18.2 Å². The number of rotatable bonds is 4. The summed E-state index contributed by atoms with van der Waals surface area (Å²) in [6, 6.07) is 10.7. The van der Waals surface area contributed by atoms with Gasteiger partial charge in [-0.15, -0.1) is 0 Å². The fourth-order valence-electron chi connectivity index (χ4n) is 4.42. The number of nitrogens with one attached hydrogen (secondary N) is 1. The normalized spacial score (nSPS) is 17.8. The molecule has 29 heavy (non-hydrogen) atoms. The average Bonchev–Trinajstić information content (AvgIpc) is 2.69. The Balaban J connectivity index is 1.60. The molecule has 1 aliphatic carbocycles. The summed E-state index contributed by atoms with van der Waals surface area (Å²) in [6.45, 7) is 0.517. The van der Waals surface area contributed by atoms with Gasteiger partial charge in [-0.25, -0.2) is 8.42 Å². The number of benzene rings is 2. The molecule has 1 saturated carbocycles. The first-order chi connectivity index (χ1) is 13.8. The molecule has 0 bridgehead atoms. The van der Waals surface area contributed by atoms with E-state index >= 15 is 0 Å². The standard InChI is InChI=1S/C22H26N2O4S/c1-29(27,28)23-20-14-18(8-10-21(20)25)24-12-11-17-13-16(7-9-19(17)22(24)26)15-5-3-2-4-6-15/h7-10,13-15,23,25H,2-6,11-12H2,1H3. The van der Waals surface area contributed by atoms with Crippen LogP contribution in [0.15, 0.2) is 36.4 Å². The highest BCUT2D eigenvalue weighted by Gasteiger charge is 2.27.